The summed E-state index contributed by atoms with van der Waals surface area (Å²) in [5.74, 6) is 0.0720. The van der Waals surface area contributed by atoms with Gasteiger partial charge in [0.05, 0.1) is 19.8 Å². The lowest BCUT2D eigenvalue weighted by Crippen LogP contribution is -2.45. The molecule has 0 unspecified atom stereocenters. The molecule has 7 nitrogen and oxygen atoms in total. The number of hydrogen-bond acceptors (Lipinski definition) is 5. The first-order valence-corrected chi connectivity index (χ1v) is 7.75. The zero-order valence-corrected chi connectivity index (χ0v) is 12.6. The minimum Gasteiger partial charge on any atom is -0.378 e. The molecule has 0 atom stereocenters. The Hall–Kier alpha value is -1.18. The summed E-state index contributed by atoms with van der Waals surface area (Å²) in [6.45, 7) is 5.08. The van der Waals surface area contributed by atoms with Gasteiger partial charge in [-0.05, 0) is 12.8 Å². The van der Waals surface area contributed by atoms with Crippen LogP contribution in [0.5, 0.6) is 0 Å². The van der Waals surface area contributed by atoms with Gasteiger partial charge in [0.15, 0.2) is 0 Å². The van der Waals surface area contributed by atoms with Gasteiger partial charge >= 0.3 is 0 Å². The summed E-state index contributed by atoms with van der Waals surface area (Å²) >= 11 is 0. The van der Waals surface area contributed by atoms with Crippen LogP contribution in [0, 0.1) is 0 Å². The number of rotatable bonds is 5. The number of hydrogen-bond donors (Lipinski definition) is 2. The fourth-order valence-electron chi connectivity index (χ4n) is 2.65. The molecule has 0 aromatic rings. The van der Waals surface area contributed by atoms with Crippen LogP contribution in [0.25, 0.3) is 0 Å². The monoisotopic (exact) mass is 298 g/mol. The third-order valence-electron chi connectivity index (χ3n) is 4.02. The van der Waals surface area contributed by atoms with Gasteiger partial charge in [-0.1, -0.05) is 0 Å². The van der Waals surface area contributed by atoms with E-state index >= 15 is 0 Å². The molecule has 0 bridgehead atoms. The van der Waals surface area contributed by atoms with E-state index in [2.05, 4.69) is 10.2 Å². The van der Waals surface area contributed by atoms with Crippen LogP contribution < -0.4 is 11.1 Å². The number of carbonyl (C=O) groups is 2. The van der Waals surface area contributed by atoms with Gasteiger partial charge in [-0.2, -0.15) is 0 Å². The fourth-order valence-corrected chi connectivity index (χ4v) is 2.65. The van der Waals surface area contributed by atoms with E-state index in [1.807, 2.05) is 0 Å². The molecule has 3 N–H and O–H groups in total. The van der Waals surface area contributed by atoms with Gasteiger partial charge in [-0.25, -0.2) is 0 Å². The predicted molar refractivity (Wildman–Crippen MR) is 78.7 cm³/mol. The zero-order chi connectivity index (χ0) is 15.1. The van der Waals surface area contributed by atoms with E-state index in [1.54, 1.807) is 4.90 Å². The normalized spacial score (nSPS) is 21.3. The number of nitrogens with one attached hydrogen (secondary N) is 1. The molecule has 2 aliphatic rings. The lowest BCUT2D eigenvalue weighted by Gasteiger charge is -2.29. The second-order valence-electron chi connectivity index (χ2n) is 5.71. The highest BCUT2D eigenvalue weighted by atomic mass is 16.5. The first-order valence-electron chi connectivity index (χ1n) is 7.75. The summed E-state index contributed by atoms with van der Waals surface area (Å²) in [5, 5.41) is 2.82. The maximum Gasteiger partial charge on any atom is 0.234 e. The largest absolute Gasteiger partial charge is 0.378 e. The zero-order valence-electron chi connectivity index (χ0n) is 12.6. The molecule has 2 saturated heterocycles. The first kappa shape index (κ1) is 16.2. The molecule has 120 valence electrons. The van der Waals surface area contributed by atoms with Gasteiger partial charge in [0, 0.05) is 45.2 Å². The average molecular weight is 298 g/mol. The Morgan fingerprint density at radius 1 is 1.14 bits per heavy atom. The molecule has 2 aliphatic heterocycles. The Kier molecular flexibility index (Phi) is 6.41. The Labute approximate surface area is 125 Å². The first-order chi connectivity index (χ1) is 10.1. The van der Waals surface area contributed by atoms with Crippen molar-refractivity contribution in [3.8, 4) is 0 Å². The highest BCUT2D eigenvalue weighted by Gasteiger charge is 2.19. The Morgan fingerprint density at radius 2 is 1.81 bits per heavy atom. The maximum atomic E-state index is 11.9. The smallest absolute Gasteiger partial charge is 0.234 e. The quantitative estimate of drug-likeness (QED) is 0.664. The summed E-state index contributed by atoms with van der Waals surface area (Å²) in [5.41, 5.74) is 5.83. The van der Waals surface area contributed by atoms with Gasteiger partial charge in [0.1, 0.15) is 0 Å². The van der Waals surface area contributed by atoms with Crippen molar-refractivity contribution in [1.82, 2.24) is 15.1 Å². The molecule has 0 aliphatic carbocycles. The summed E-state index contributed by atoms with van der Waals surface area (Å²) < 4.78 is 5.21. The number of nitrogens with zero attached hydrogens (tertiary/aromatic N) is 2. The van der Waals surface area contributed by atoms with Crippen molar-refractivity contribution in [3.63, 3.8) is 0 Å². The van der Waals surface area contributed by atoms with Crippen molar-refractivity contribution in [2.45, 2.75) is 25.3 Å². The third-order valence-corrected chi connectivity index (χ3v) is 4.02. The molecule has 21 heavy (non-hydrogen) atoms. The Balaban J connectivity index is 1.57. The van der Waals surface area contributed by atoms with E-state index < -0.39 is 0 Å². The Morgan fingerprint density at radius 3 is 2.48 bits per heavy atom. The standard InChI is InChI=1S/C14H26N4O3/c15-12-2-5-17(6-3-12)11-13(19)16-4-1-14(20)18-7-9-21-10-8-18/h12H,1-11,15H2,(H,16,19). The number of carbonyl (C=O) groups excluding carboxylic acids is 2. The van der Waals surface area contributed by atoms with Crippen LogP contribution in [0.3, 0.4) is 0 Å². The van der Waals surface area contributed by atoms with Crippen LogP contribution in [0.2, 0.25) is 0 Å². The molecule has 0 radical (unpaired) electrons. The molecule has 0 saturated carbocycles. The molecule has 2 heterocycles. The molecule has 2 fully saturated rings. The Bertz CT molecular complexity index is 350. The fraction of sp³-hybridized carbons (Fsp3) is 0.857. The summed E-state index contributed by atoms with van der Waals surface area (Å²) in [6.07, 6.45) is 2.25. The van der Waals surface area contributed by atoms with Crippen molar-refractivity contribution >= 4 is 11.8 Å². The van der Waals surface area contributed by atoms with E-state index in [9.17, 15) is 9.59 Å². The van der Waals surface area contributed by atoms with Crippen LogP contribution >= 0.6 is 0 Å². The second-order valence-corrected chi connectivity index (χ2v) is 5.71. The van der Waals surface area contributed by atoms with E-state index in [0.717, 1.165) is 25.9 Å². The van der Waals surface area contributed by atoms with E-state index in [0.29, 0.717) is 45.8 Å². The lowest BCUT2D eigenvalue weighted by molar-refractivity contribution is -0.135. The lowest BCUT2D eigenvalue weighted by atomic mass is 10.1. The van der Waals surface area contributed by atoms with Crippen LogP contribution in [0.1, 0.15) is 19.3 Å². The minimum absolute atomic E-state index is 0.0137. The summed E-state index contributed by atoms with van der Waals surface area (Å²) in [4.78, 5) is 27.6. The molecule has 7 heteroatoms. The van der Waals surface area contributed by atoms with E-state index in [1.165, 1.54) is 0 Å². The van der Waals surface area contributed by atoms with Crippen LogP contribution in [-0.4, -0.2) is 80.1 Å². The summed E-state index contributed by atoms with van der Waals surface area (Å²) in [7, 11) is 0. The van der Waals surface area contributed by atoms with Gasteiger partial charge in [0.25, 0.3) is 0 Å². The van der Waals surface area contributed by atoms with Crippen LogP contribution in [0.15, 0.2) is 0 Å². The molecule has 0 aromatic heterocycles. The average Bonchev–Trinajstić information content (AvgIpc) is 2.50. The van der Waals surface area contributed by atoms with Crippen molar-refractivity contribution in [2.24, 2.45) is 5.73 Å². The number of morpholine rings is 1. The molecular formula is C14H26N4O3. The van der Waals surface area contributed by atoms with Crippen LogP contribution in [0.4, 0.5) is 0 Å². The van der Waals surface area contributed by atoms with Gasteiger partial charge in [-0.15, -0.1) is 0 Å². The van der Waals surface area contributed by atoms with Crippen molar-refractivity contribution in [3.05, 3.63) is 0 Å². The number of nitrogens with two attached hydrogens (primary N) is 1. The highest BCUT2D eigenvalue weighted by molar-refractivity contribution is 5.80. The molecule has 2 amide bonds. The van der Waals surface area contributed by atoms with Crippen LogP contribution in [-0.2, 0) is 14.3 Å². The predicted octanol–water partition coefficient (Wildman–Crippen LogP) is -1.23. The maximum absolute atomic E-state index is 11.9. The second kappa shape index (κ2) is 8.31. The van der Waals surface area contributed by atoms with E-state index in [4.69, 9.17) is 10.5 Å². The van der Waals surface area contributed by atoms with Crippen molar-refractivity contribution in [1.29, 1.82) is 0 Å². The summed E-state index contributed by atoms with van der Waals surface area (Å²) in [6, 6.07) is 0.274. The number of likely N-dealkylation sites (tertiary alicyclic amines) is 1. The van der Waals surface area contributed by atoms with Crippen molar-refractivity contribution in [2.75, 3.05) is 52.5 Å². The number of ether oxygens (including phenoxy) is 1. The highest BCUT2D eigenvalue weighted by Crippen LogP contribution is 2.07. The van der Waals surface area contributed by atoms with Gasteiger partial charge < -0.3 is 20.7 Å². The van der Waals surface area contributed by atoms with Gasteiger partial charge in [0.2, 0.25) is 11.8 Å². The minimum atomic E-state index is -0.0137. The van der Waals surface area contributed by atoms with E-state index in [-0.39, 0.29) is 17.9 Å². The molecule has 0 aromatic carbocycles. The molecule has 2 rings (SSSR count). The number of piperidine rings is 1. The number of amides is 2. The topological polar surface area (TPSA) is 87.9 Å². The van der Waals surface area contributed by atoms with Gasteiger partial charge in [-0.3, -0.25) is 14.5 Å². The molecular weight excluding hydrogens is 272 g/mol. The van der Waals surface area contributed by atoms with Crippen molar-refractivity contribution < 1.29 is 14.3 Å². The third kappa shape index (κ3) is 5.61. The SMILES string of the molecule is NC1CCN(CC(=O)NCCC(=O)N2CCOCC2)CC1. The molecule has 0 spiro atoms.